The zero-order valence-corrected chi connectivity index (χ0v) is 15.7. The van der Waals surface area contributed by atoms with Crippen molar-refractivity contribution in [2.24, 2.45) is 0 Å². The molecule has 1 aliphatic heterocycles. The third-order valence-electron chi connectivity index (χ3n) is 4.39. The molecule has 1 aliphatic rings. The highest BCUT2D eigenvalue weighted by Gasteiger charge is 2.28. The minimum absolute atomic E-state index is 0.214. The van der Waals surface area contributed by atoms with Crippen LogP contribution in [0.25, 0.3) is 0 Å². The van der Waals surface area contributed by atoms with Crippen LogP contribution < -0.4 is 10.6 Å². The normalized spacial score (nSPS) is 13.4. The van der Waals surface area contributed by atoms with Crippen LogP contribution in [0.4, 0.5) is 0 Å². The summed E-state index contributed by atoms with van der Waals surface area (Å²) in [6.07, 6.45) is 0. The Morgan fingerprint density at radius 2 is 1.69 bits per heavy atom. The molecular weight excluding hydrogens is 375 g/mol. The maximum atomic E-state index is 12.5. The molecule has 0 aliphatic carbocycles. The van der Waals surface area contributed by atoms with Gasteiger partial charge in [0.05, 0.1) is 21.2 Å². The molecule has 0 saturated carbocycles. The molecule has 0 fully saturated rings. The minimum Gasteiger partial charge on any atom is -0.351 e. The number of carbonyl (C=O) groups excluding carboxylic acids is 3. The van der Waals surface area contributed by atoms with Crippen molar-refractivity contribution >= 4 is 40.9 Å². The fourth-order valence-electron chi connectivity index (χ4n) is 2.73. The Bertz CT molecular complexity index is 938. The number of rotatable bonds is 4. The van der Waals surface area contributed by atoms with Crippen LogP contribution in [0.2, 0.25) is 10.0 Å². The minimum atomic E-state index is -0.490. The fraction of sp³-hybridized carbons (Fsp3) is 0.211. The summed E-state index contributed by atoms with van der Waals surface area (Å²) in [4.78, 5) is 35.8. The number of halogens is 2. The number of amides is 3. The largest absolute Gasteiger partial charge is 0.351 e. The van der Waals surface area contributed by atoms with Gasteiger partial charge in [0, 0.05) is 17.5 Å². The van der Waals surface area contributed by atoms with Crippen LogP contribution >= 0.6 is 23.2 Å². The molecule has 0 atom stereocenters. The highest BCUT2D eigenvalue weighted by Crippen LogP contribution is 2.29. The van der Waals surface area contributed by atoms with E-state index in [-0.39, 0.29) is 22.4 Å². The van der Waals surface area contributed by atoms with E-state index in [0.29, 0.717) is 22.2 Å². The van der Waals surface area contributed by atoms with Crippen LogP contribution in [0.15, 0.2) is 36.4 Å². The maximum Gasteiger partial charge on any atom is 0.258 e. The van der Waals surface area contributed by atoms with Gasteiger partial charge in [-0.05, 0) is 35.9 Å². The third kappa shape index (κ3) is 3.45. The van der Waals surface area contributed by atoms with Gasteiger partial charge in [0.1, 0.15) is 0 Å². The lowest BCUT2D eigenvalue weighted by Crippen LogP contribution is -2.36. The molecule has 3 rings (SSSR count). The van der Waals surface area contributed by atoms with Gasteiger partial charge in [0.15, 0.2) is 0 Å². The van der Waals surface area contributed by atoms with E-state index in [4.69, 9.17) is 23.2 Å². The molecule has 26 heavy (non-hydrogen) atoms. The highest BCUT2D eigenvalue weighted by molar-refractivity contribution is 6.42. The van der Waals surface area contributed by atoms with Crippen molar-refractivity contribution in [1.82, 2.24) is 10.6 Å². The lowest BCUT2D eigenvalue weighted by molar-refractivity contribution is 0.0878. The lowest BCUT2D eigenvalue weighted by atomic mass is 9.84. The fourth-order valence-corrected chi connectivity index (χ4v) is 3.03. The third-order valence-corrected chi connectivity index (χ3v) is 5.13. The SMILES string of the molecule is CC(C)(CNC(=O)c1ccc2c(c1)C(=O)NC2=O)c1ccc(Cl)c(Cl)c1. The van der Waals surface area contributed by atoms with Gasteiger partial charge in [-0.15, -0.1) is 0 Å². The molecule has 0 aromatic heterocycles. The molecule has 3 amide bonds. The predicted octanol–water partition coefficient (Wildman–Crippen LogP) is 3.58. The molecule has 2 aromatic carbocycles. The zero-order valence-electron chi connectivity index (χ0n) is 14.2. The number of hydrogen-bond donors (Lipinski definition) is 2. The molecule has 0 spiro atoms. The summed E-state index contributed by atoms with van der Waals surface area (Å²) in [5.74, 6) is -1.26. The van der Waals surface area contributed by atoms with E-state index in [9.17, 15) is 14.4 Å². The summed E-state index contributed by atoms with van der Waals surface area (Å²) in [6.45, 7) is 4.30. The number of benzene rings is 2. The number of imide groups is 1. The van der Waals surface area contributed by atoms with Gasteiger partial charge in [-0.2, -0.15) is 0 Å². The maximum absolute atomic E-state index is 12.5. The Morgan fingerprint density at radius 3 is 2.38 bits per heavy atom. The zero-order chi connectivity index (χ0) is 19.1. The van der Waals surface area contributed by atoms with Gasteiger partial charge in [-0.1, -0.05) is 43.1 Å². The molecule has 7 heteroatoms. The first-order chi connectivity index (χ1) is 12.2. The van der Waals surface area contributed by atoms with E-state index in [2.05, 4.69) is 10.6 Å². The van der Waals surface area contributed by atoms with Gasteiger partial charge in [-0.25, -0.2) is 0 Å². The highest BCUT2D eigenvalue weighted by atomic mass is 35.5. The first-order valence-electron chi connectivity index (χ1n) is 7.92. The summed E-state index contributed by atoms with van der Waals surface area (Å²) >= 11 is 12.0. The molecule has 0 saturated heterocycles. The monoisotopic (exact) mass is 390 g/mol. The average Bonchev–Trinajstić information content (AvgIpc) is 2.89. The summed E-state index contributed by atoms with van der Waals surface area (Å²) in [5.41, 5.74) is 1.37. The van der Waals surface area contributed by atoms with E-state index in [1.54, 1.807) is 12.1 Å². The molecule has 134 valence electrons. The number of fused-ring (bicyclic) bond motifs is 1. The second-order valence-corrected chi connectivity index (χ2v) is 7.55. The second-order valence-electron chi connectivity index (χ2n) is 6.74. The summed E-state index contributed by atoms with van der Waals surface area (Å²) in [6, 6.07) is 9.80. The van der Waals surface area contributed by atoms with Gasteiger partial charge >= 0.3 is 0 Å². The quantitative estimate of drug-likeness (QED) is 0.783. The van der Waals surface area contributed by atoms with Crippen molar-refractivity contribution in [3.8, 4) is 0 Å². The van der Waals surface area contributed by atoms with Crippen LogP contribution in [-0.2, 0) is 5.41 Å². The van der Waals surface area contributed by atoms with Crippen molar-refractivity contribution in [3.05, 3.63) is 68.7 Å². The molecule has 2 N–H and O–H groups in total. The van der Waals surface area contributed by atoms with Crippen LogP contribution in [0.3, 0.4) is 0 Å². The van der Waals surface area contributed by atoms with Crippen LogP contribution in [0, 0.1) is 0 Å². The van der Waals surface area contributed by atoms with Crippen molar-refractivity contribution in [3.63, 3.8) is 0 Å². The van der Waals surface area contributed by atoms with E-state index in [1.165, 1.54) is 18.2 Å². The average molecular weight is 391 g/mol. The Kier molecular flexibility index (Phi) is 4.78. The number of carbonyl (C=O) groups is 3. The number of nitrogens with one attached hydrogen (secondary N) is 2. The van der Waals surface area contributed by atoms with Crippen LogP contribution in [0.5, 0.6) is 0 Å². The van der Waals surface area contributed by atoms with Gasteiger partial charge in [0.25, 0.3) is 17.7 Å². The van der Waals surface area contributed by atoms with Gasteiger partial charge in [0.2, 0.25) is 0 Å². The van der Waals surface area contributed by atoms with Gasteiger partial charge < -0.3 is 5.32 Å². The Morgan fingerprint density at radius 1 is 1.00 bits per heavy atom. The summed E-state index contributed by atoms with van der Waals surface area (Å²) in [7, 11) is 0. The van der Waals surface area contributed by atoms with Crippen LogP contribution in [-0.4, -0.2) is 24.3 Å². The van der Waals surface area contributed by atoms with Crippen molar-refractivity contribution < 1.29 is 14.4 Å². The van der Waals surface area contributed by atoms with Crippen LogP contribution in [0.1, 0.15) is 50.5 Å². The molecule has 1 heterocycles. The van der Waals surface area contributed by atoms with Crippen molar-refractivity contribution in [2.75, 3.05) is 6.54 Å². The molecule has 0 bridgehead atoms. The number of hydrogen-bond acceptors (Lipinski definition) is 3. The molecular formula is C19H16Cl2N2O3. The molecule has 2 aromatic rings. The van der Waals surface area contributed by atoms with Crippen molar-refractivity contribution in [2.45, 2.75) is 19.3 Å². The Labute approximate surface area is 160 Å². The summed E-state index contributed by atoms with van der Waals surface area (Å²) < 4.78 is 0. The van der Waals surface area contributed by atoms with E-state index in [1.807, 2.05) is 19.9 Å². The summed E-state index contributed by atoms with van der Waals surface area (Å²) in [5, 5.41) is 5.99. The molecule has 5 nitrogen and oxygen atoms in total. The Hall–Kier alpha value is -2.37. The smallest absolute Gasteiger partial charge is 0.258 e. The van der Waals surface area contributed by atoms with E-state index < -0.39 is 11.8 Å². The predicted molar refractivity (Wildman–Crippen MR) is 100 cm³/mol. The topological polar surface area (TPSA) is 75.3 Å². The first kappa shape index (κ1) is 18.4. The molecule has 0 radical (unpaired) electrons. The van der Waals surface area contributed by atoms with E-state index >= 15 is 0 Å². The second kappa shape index (κ2) is 6.74. The van der Waals surface area contributed by atoms with E-state index in [0.717, 1.165) is 5.56 Å². The lowest BCUT2D eigenvalue weighted by Gasteiger charge is -2.26. The van der Waals surface area contributed by atoms with Crippen molar-refractivity contribution in [1.29, 1.82) is 0 Å². The Balaban J connectivity index is 1.74. The van der Waals surface area contributed by atoms with Gasteiger partial charge in [-0.3, -0.25) is 19.7 Å². The molecule has 0 unspecified atom stereocenters. The standard InChI is InChI=1S/C19H16Cl2N2O3/c1-19(2,11-4-6-14(20)15(21)8-11)9-22-16(24)10-3-5-12-13(7-10)18(26)23-17(12)25/h3-8H,9H2,1-2H3,(H,22,24)(H,23,25,26). The first-order valence-corrected chi connectivity index (χ1v) is 8.68.